The fourth-order valence-corrected chi connectivity index (χ4v) is 2.67. The zero-order chi connectivity index (χ0) is 14.5. The highest BCUT2D eigenvalue weighted by Crippen LogP contribution is 2.18. The van der Waals surface area contributed by atoms with Gasteiger partial charge in [-0.2, -0.15) is 0 Å². The number of Topliss-reactive ketones (excluding diaryl/α,β-unsaturated/α-hetero) is 1. The van der Waals surface area contributed by atoms with E-state index in [2.05, 4.69) is 0 Å². The molecular weight excluding hydrogens is 264 g/mol. The van der Waals surface area contributed by atoms with Crippen LogP contribution in [0.15, 0.2) is 18.2 Å². The number of methoxy groups -OCH3 is 1. The molecule has 1 atom stereocenters. The lowest BCUT2D eigenvalue weighted by Gasteiger charge is -2.31. The Morgan fingerprint density at radius 1 is 1.45 bits per heavy atom. The maximum atomic E-state index is 13.5. The Kier molecular flexibility index (Phi) is 5.20. The molecule has 1 unspecified atom stereocenters. The van der Waals surface area contributed by atoms with E-state index in [1.165, 1.54) is 0 Å². The summed E-state index contributed by atoms with van der Waals surface area (Å²) in [4.78, 5) is 14.1. The highest BCUT2D eigenvalue weighted by atomic mass is 19.1. The maximum absolute atomic E-state index is 13.5. The summed E-state index contributed by atoms with van der Waals surface area (Å²) in [5, 5.41) is 0. The van der Waals surface area contributed by atoms with Crippen LogP contribution >= 0.6 is 0 Å². The van der Waals surface area contributed by atoms with Gasteiger partial charge in [-0.25, -0.2) is 8.78 Å². The number of benzene rings is 1. The summed E-state index contributed by atoms with van der Waals surface area (Å²) in [6.07, 6.45) is 2.07. The average molecular weight is 283 g/mol. The standard InChI is InChI=1S/C15H19F2NO2/c1-20-10-11-3-2-6-18(8-11)9-15(19)13-7-12(16)4-5-14(13)17/h4-5,7,11H,2-3,6,8-10H2,1H3. The first-order chi connectivity index (χ1) is 9.60. The van der Waals surface area contributed by atoms with Gasteiger partial charge in [0.05, 0.1) is 18.7 Å². The van der Waals surface area contributed by atoms with Gasteiger partial charge < -0.3 is 4.74 Å². The number of halogens is 2. The SMILES string of the molecule is COCC1CCCN(CC(=O)c2cc(F)ccc2F)C1. The van der Waals surface area contributed by atoms with E-state index in [0.29, 0.717) is 12.5 Å². The van der Waals surface area contributed by atoms with Crippen LogP contribution in [-0.2, 0) is 4.74 Å². The lowest BCUT2D eigenvalue weighted by Crippen LogP contribution is -2.40. The van der Waals surface area contributed by atoms with Crippen molar-refractivity contribution in [2.24, 2.45) is 5.92 Å². The Morgan fingerprint density at radius 3 is 3.00 bits per heavy atom. The highest BCUT2D eigenvalue weighted by molar-refractivity contribution is 5.97. The van der Waals surface area contributed by atoms with Crippen LogP contribution in [-0.4, -0.2) is 44.0 Å². The van der Waals surface area contributed by atoms with Crippen molar-refractivity contribution in [3.05, 3.63) is 35.4 Å². The molecular formula is C15H19F2NO2. The Labute approximate surface area is 117 Å². The molecule has 1 aliphatic rings. The molecule has 3 nitrogen and oxygen atoms in total. The van der Waals surface area contributed by atoms with Gasteiger partial charge in [-0.15, -0.1) is 0 Å². The molecule has 0 bridgehead atoms. The number of rotatable bonds is 5. The second-order valence-corrected chi connectivity index (χ2v) is 5.25. The molecule has 1 aromatic rings. The van der Waals surface area contributed by atoms with Crippen molar-refractivity contribution >= 4 is 5.78 Å². The number of nitrogens with zero attached hydrogens (tertiary/aromatic N) is 1. The highest BCUT2D eigenvalue weighted by Gasteiger charge is 2.23. The predicted molar refractivity (Wildman–Crippen MR) is 71.7 cm³/mol. The number of carbonyl (C=O) groups is 1. The summed E-state index contributed by atoms with van der Waals surface area (Å²) in [5.74, 6) is -1.23. The smallest absolute Gasteiger partial charge is 0.179 e. The third kappa shape index (κ3) is 3.84. The molecule has 0 aromatic heterocycles. The van der Waals surface area contributed by atoms with Gasteiger partial charge >= 0.3 is 0 Å². The van der Waals surface area contributed by atoms with Gasteiger partial charge in [0.15, 0.2) is 5.78 Å². The van der Waals surface area contributed by atoms with Gasteiger partial charge in [-0.1, -0.05) is 0 Å². The average Bonchev–Trinajstić information content (AvgIpc) is 2.42. The van der Waals surface area contributed by atoms with E-state index in [1.54, 1.807) is 7.11 Å². The van der Waals surface area contributed by atoms with Crippen molar-refractivity contribution in [2.75, 3.05) is 33.4 Å². The van der Waals surface area contributed by atoms with Crippen molar-refractivity contribution in [1.82, 2.24) is 4.90 Å². The van der Waals surface area contributed by atoms with E-state index in [4.69, 9.17) is 4.74 Å². The number of ether oxygens (including phenoxy) is 1. The van der Waals surface area contributed by atoms with E-state index in [0.717, 1.165) is 44.1 Å². The normalized spacial score (nSPS) is 20.1. The van der Waals surface area contributed by atoms with E-state index in [9.17, 15) is 13.6 Å². The minimum atomic E-state index is -0.665. The zero-order valence-electron chi connectivity index (χ0n) is 11.6. The van der Waals surface area contributed by atoms with Crippen LogP contribution in [0.3, 0.4) is 0 Å². The summed E-state index contributed by atoms with van der Waals surface area (Å²) in [6.45, 7) is 2.36. The van der Waals surface area contributed by atoms with Gasteiger partial charge in [0.2, 0.25) is 0 Å². The Morgan fingerprint density at radius 2 is 2.25 bits per heavy atom. The van der Waals surface area contributed by atoms with E-state index >= 15 is 0 Å². The lowest BCUT2D eigenvalue weighted by molar-refractivity contribution is 0.0755. The molecule has 0 aliphatic carbocycles. The number of likely N-dealkylation sites (tertiary alicyclic amines) is 1. The number of hydrogen-bond acceptors (Lipinski definition) is 3. The molecule has 20 heavy (non-hydrogen) atoms. The minimum absolute atomic E-state index is 0.126. The third-order valence-corrected chi connectivity index (χ3v) is 3.60. The fourth-order valence-electron chi connectivity index (χ4n) is 2.67. The van der Waals surface area contributed by atoms with Crippen LogP contribution in [0.5, 0.6) is 0 Å². The van der Waals surface area contributed by atoms with Crippen LogP contribution < -0.4 is 0 Å². The van der Waals surface area contributed by atoms with Crippen LogP contribution in [0.4, 0.5) is 8.78 Å². The van der Waals surface area contributed by atoms with Crippen molar-refractivity contribution in [1.29, 1.82) is 0 Å². The summed E-state index contributed by atoms with van der Waals surface area (Å²) < 4.78 is 31.8. The first kappa shape index (κ1) is 15.1. The molecule has 5 heteroatoms. The van der Waals surface area contributed by atoms with E-state index in [-0.39, 0.29) is 17.9 Å². The zero-order valence-corrected chi connectivity index (χ0v) is 11.6. The molecule has 1 saturated heterocycles. The fraction of sp³-hybridized carbons (Fsp3) is 0.533. The molecule has 0 saturated carbocycles. The quantitative estimate of drug-likeness (QED) is 0.778. The summed E-state index contributed by atoms with van der Waals surface area (Å²) in [7, 11) is 1.66. The van der Waals surface area contributed by atoms with Gasteiger partial charge in [-0.05, 0) is 43.5 Å². The topological polar surface area (TPSA) is 29.5 Å². The molecule has 0 N–H and O–H groups in total. The number of carbonyl (C=O) groups excluding carboxylic acids is 1. The summed E-state index contributed by atoms with van der Waals surface area (Å²) in [6, 6.07) is 2.97. The molecule has 1 heterocycles. The van der Waals surface area contributed by atoms with Gasteiger partial charge in [0.25, 0.3) is 0 Å². The number of ketones is 1. The molecule has 110 valence electrons. The lowest BCUT2D eigenvalue weighted by atomic mass is 9.98. The number of piperidine rings is 1. The first-order valence-corrected chi connectivity index (χ1v) is 6.79. The Hall–Kier alpha value is -1.33. The van der Waals surface area contributed by atoms with Crippen molar-refractivity contribution in [3.8, 4) is 0 Å². The van der Waals surface area contributed by atoms with E-state index < -0.39 is 11.6 Å². The van der Waals surface area contributed by atoms with Crippen molar-refractivity contribution in [2.45, 2.75) is 12.8 Å². The summed E-state index contributed by atoms with van der Waals surface area (Å²) in [5.41, 5.74) is -0.168. The van der Waals surface area contributed by atoms with Crippen molar-refractivity contribution < 1.29 is 18.3 Å². The second kappa shape index (κ2) is 6.90. The Balaban J connectivity index is 1.98. The molecule has 1 aromatic carbocycles. The third-order valence-electron chi connectivity index (χ3n) is 3.60. The van der Waals surface area contributed by atoms with E-state index in [1.807, 2.05) is 4.90 Å². The number of hydrogen-bond donors (Lipinski definition) is 0. The van der Waals surface area contributed by atoms with Crippen LogP contribution in [0.1, 0.15) is 23.2 Å². The molecule has 0 spiro atoms. The largest absolute Gasteiger partial charge is 0.384 e. The maximum Gasteiger partial charge on any atom is 0.179 e. The first-order valence-electron chi connectivity index (χ1n) is 6.79. The van der Waals surface area contributed by atoms with Gasteiger partial charge in [-0.3, -0.25) is 9.69 Å². The van der Waals surface area contributed by atoms with Crippen LogP contribution in [0.2, 0.25) is 0 Å². The van der Waals surface area contributed by atoms with Gasteiger partial charge in [0.1, 0.15) is 11.6 Å². The monoisotopic (exact) mass is 283 g/mol. The molecule has 0 radical (unpaired) electrons. The second-order valence-electron chi connectivity index (χ2n) is 5.25. The molecule has 2 rings (SSSR count). The predicted octanol–water partition coefficient (Wildman–Crippen LogP) is 2.51. The summed E-state index contributed by atoms with van der Waals surface area (Å²) >= 11 is 0. The molecule has 1 fully saturated rings. The van der Waals surface area contributed by atoms with Crippen LogP contribution in [0, 0.1) is 17.6 Å². The molecule has 0 amide bonds. The van der Waals surface area contributed by atoms with Crippen molar-refractivity contribution in [3.63, 3.8) is 0 Å². The minimum Gasteiger partial charge on any atom is -0.384 e. The Bertz CT molecular complexity index is 477. The van der Waals surface area contributed by atoms with Gasteiger partial charge in [0, 0.05) is 13.7 Å². The molecule has 1 aliphatic heterocycles. The van der Waals surface area contributed by atoms with Crippen LogP contribution in [0.25, 0.3) is 0 Å².